The molecular formula is C26H18Cl3F4N3O2. The van der Waals surface area contributed by atoms with Crippen LogP contribution in [0, 0.1) is 0 Å². The summed E-state index contributed by atoms with van der Waals surface area (Å²) in [4.78, 5) is 22.8. The number of rotatable bonds is 5. The van der Waals surface area contributed by atoms with Crippen molar-refractivity contribution in [3.8, 4) is 0 Å². The van der Waals surface area contributed by atoms with Crippen LogP contribution in [0.5, 0.6) is 0 Å². The molecule has 38 heavy (non-hydrogen) atoms. The number of carbonyl (C=O) groups excluding carboxylic acids is 1. The fourth-order valence-electron chi connectivity index (χ4n) is 4.51. The van der Waals surface area contributed by atoms with Gasteiger partial charge in [-0.25, -0.2) is 4.39 Å². The van der Waals surface area contributed by atoms with Gasteiger partial charge in [0, 0.05) is 24.4 Å². The van der Waals surface area contributed by atoms with Crippen LogP contribution in [-0.2, 0) is 27.3 Å². The van der Waals surface area contributed by atoms with E-state index >= 15 is 4.39 Å². The van der Waals surface area contributed by atoms with Crippen LogP contribution in [-0.4, -0.2) is 40.8 Å². The van der Waals surface area contributed by atoms with Gasteiger partial charge in [-0.3, -0.25) is 9.78 Å². The Morgan fingerprint density at radius 2 is 1.58 bits per heavy atom. The number of pyridine rings is 1. The van der Waals surface area contributed by atoms with Crippen molar-refractivity contribution >= 4 is 46.4 Å². The lowest BCUT2D eigenvalue weighted by atomic mass is 9.84. The van der Waals surface area contributed by atoms with E-state index in [1.54, 1.807) is 24.5 Å². The third kappa shape index (κ3) is 4.72. The van der Waals surface area contributed by atoms with Gasteiger partial charge in [0.15, 0.2) is 5.67 Å². The lowest BCUT2D eigenvalue weighted by molar-refractivity contribution is -0.275. The summed E-state index contributed by atoms with van der Waals surface area (Å²) in [6, 6.07) is 11.5. The fraction of sp³-hybridized carbons (Fsp3) is 0.269. The Kier molecular flexibility index (Phi) is 6.82. The highest BCUT2D eigenvalue weighted by Gasteiger charge is 2.62. The molecule has 1 amide bonds. The molecule has 0 N–H and O–H groups in total. The van der Waals surface area contributed by atoms with Crippen LogP contribution in [0.1, 0.15) is 28.7 Å². The molecule has 3 heterocycles. The maximum absolute atomic E-state index is 15.5. The van der Waals surface area contributed by atoms with Crippen molar-refractivity contribution < 1.29 is 27.2 Å². The van der Waals surface area contributed by atoms with Crippen LogP contribution in [0.15, 0.2) is 66.1 Å². The largest absolute Gasteiger partial charge is 0.435 e. The second kappa shape index (κ2) is 9.70. The molecule has 0 saturated carbocycles. The second-order valence-corrected chi connectivity index (χ2v) is 10.4. The number of aromatic nitrogens is 1. The Morgan fingerprint density at radius 3 is 2.16 bits per heavy atom. The number of carbonyl (C=O) groups is 1. The first-order valence-corrected chi connectivity index (χ1v) is 12.5. The molecule has 5 rings (SSSR count). The van der Waals surface area contributed by atoms with Crippen LogP contribution >= 0.6 is 34.8 Å². The van der Waals surface area contributed by atoms with Crippen LogP contribution in [0.3, 0.4) is 0 Å². The Morgan fingerprint density at radius 1 is 0.974 bits per heavy atom. The first-order valence-electron chi connectivity index (χ1n) is 11.4. The van der Waals surface area contributed by atoms with Crippen molar-refractivity contribution in [3.05, 3.63) is 98.2 Å². The third-order valence-corrected chi connectivity index (χ3v) is 7.91. The molecule has 0 radical (unpaired) electrons. The number of hydrogen-bond acceptors (Lipinski definition) is 4. The van der Waals surface area contributed by atoms with E-state index in [4.69, 9.17) is 39.6 Å². The molecule has 5 nitrogen and oxygen atoms in total. The zero-order valence-electron chi connectivity index (χ0n) is 19.4. The van der Waals surface area contributed by atoms with Crippen LogP contribution in [0.25, 0.3) is 0 Å². The van der Waals surface area contributed by atoms with Gasteiger partial charge < -0.3 is 9.74 Å². The summed E-state index contributed by atoms with van der Waals surface area (Å²) in [5.41, 5.74) is -3.47. The summed E-state index contributed by atoms with van der Waals surface area (Å²) in [6.45, 7) is -0.231. The van der Waals surface area contributed by atoms with Gasteiger partial charge in [-0.05, 0) is 41.0 Å². The SMILES string of the molecule is O=C(Cc1ccncc1)N1CC(F)(c2ccc(C3=NOC(c4cc(Cl)c(Cl)c(Cl)c4)(C(F)(F)F)C3)cc2)C1. The number of amides is 1. The number of oxime groups is 1. The van der Waals surface area contributed by atoms with E-state index < -0.39 is 23.9 Å². The Bertz CT molecular complexity index is 1390. The summed E-state index contributed by atoms with van der Waals surface area (Å²) in [5.74, 6) is -0.204. The molecule has 2 aromatic carbocycles. The lowest BCUT2D eigenvalue weighted by Crippen LogP contribution is -2.59. The first-order chi connectivity index (χ1) is 17.9. The Hall–Kier alpha value is -2.88. The molecule has 0 aliphatic carbocycles. The molecule has 2 aliphatic rings. The molecule has 1 atom stereocenters. The summed E-state index contributed by atoms with van der Waals surface area (Å²) in [5, 5.41) is 3.34. The lowest BCUT2D eigenvalue weighted by Gasteiger charge is -2.44. The fourth-order valence-corrected chi connectivity index (χ4v) is 5.11. The molecular weight excluding hydrogens is 569 g/mol. The van der Waals surface area contributed by atoms with E-state index in [-0.39, 0.29) is 51.8 Å². The van der Waals surface area contributed by atoms with Crippen molar-refractivity contribution in [2.24, 2.45) is 5.16 Å². The average Bonchev–Trinajstić information content (AvgIpc) is 3.33. The molecule has 1 saturated heterocycles. The predicted molar refractivity (Wildman–Crippen MR) is 135 cm³/mol. The molecule has 1 fully saturated rings. The molecule has 1 aromatic heterocycles. The minimum absolute atomic E-state index is 0.0201. The zero-order valence-corrected chi connectivity index (χ0v) is 21.7. The molecule has 2 aliphatic heterocycles. The topological polar surface area (TPSA) is 54.8 Å². The van der Waals surface area contributed by atoms with Crippen molar-refractivity contribution in [1.29, 1.82) is 0 Å². The molecule has 1 unspecified atom stereocenters. The van der Waals surface area contributed by atoms with Crippen LogP contribution in [0.4, 0.5) is 17.6 Å². The molecule has 0 bridgehead atoms. The third-order valence-electron chi connectivity index (χ3n) is 6.71. The van der Waals surface area contributed by atoms with Crippen molar-refractivity contribution in [3.63, 3.8) is 0 Å². The number of nitrogens with zero attached hydrogens (tertiary/aromatic N) is 3. The van der Waals surface area contributed by atoms with Crippen LogP contribution in [0.2, 0.25) is 15.1 Å². The second-order valence-electron chi connectivity index (χ2n) is 9.21. The smallest absolute Gasteiger partial charge is 0.374 e. The Balaban J connectivity index is 1.30. The van der Waals surface area contributed by atoms with Gasteiger partial charge in [0.1, 0.15) is 0 Å². The van der Waals surface area contributed by atoms with Crippen molar-refractivity contribution in [1.82, 2.24) is 9.88 Å². The molecule has 12 heteroatoms. The normalized spacial score (nSPS) is 20.5. The number of likely N-dealkylation sites (tertiary alicyclic amines) is 1. The van der Waals surface area contributed by atoms with Crippen molar-refractivity contribution in [2.75, 3.05) is 13.1 Å². The number of halogens is 7. The van der Waals surface area contributed by atoms with E-state index in [1.807, 2.05) is 0 Å². The highest BCUT2D eigenvalue weighted by atomic mass is 35.5. The molecule has 198 valence electrons. The number of alkyl halides is 4. The predicted octanol–water partition coefficient (Wildman–Crippen LogP) is 6.87. The minimum Gasteiger partial charge on any atom is -0.374 e. The van der Waals surface area contributed by atoms with E-state index in [0.29, 0.717) is 11.1 Å². The maximum Gasteiger partial charge on any atom is 0.435 e. The van der Waals surface area contributed by atoms with Gasteiger partial charge in [0.05, 0.1) is 40.3 Å². The van der Waals surface area contributed by atoms with Crippen LogP contribution < -0.4 is 0 Å². The van der Waals surface area contributed by atoms with E-state index in [9.17, 15) is 18.0 Å². The van der Waals surface area contributed by atoms with E-state index in [2.05, 4.69) is 10.1 Å². The minimum atomic E-state index is -4.86. The van der Waals surface area contributed by atoms with Gasteiger partial charge >= 0.3 is 6.18 Å². The molecule has 0 spiro atoms. The molecule has 3 aromatic rings. The quantitative estimate of drug-likeness (QED) is 0.242. The van der Waals surface area contributed by atoms with Crippen molar-refractivity contribution in [2.45, 2.75) is 30.3 Å². The Labute approximate surface area is 229 Å². The van der Waals surface area contributed by atoms with Gasteiger partial charge in [0.25, 0.3) is 5.60 Å². The van der Waals surface area contributed by atoms with E-state index in [1.165, 1.54) is 29.2 Å². The zero-order chi connectivity index (χ0) is 27.3. The summed E-state index contributed by atoms with van der Waals surface area (Å²) in [6.07, 6.45) is -2.21. The highest BCUT2D eigenvalue weighted by molar-refractivity contribution is 6.48. The van der Waals surface area contributed by atoms with Gasteiger partial charge in [-0.2, -0.15) is 13.2 Å². The van der Waals surface area contributed by atoms with Gasteiger partial charge in [-0.1, -0.05) is 64.2 Å². The summed E-state index contributed by atoms with van der Waals surface area (Å²) in [7, 11) is 0. The van der Waals surface area contributed by atoms with E-state index in [0.717, 1.165) is 17.7 Å². The maximum atomic E-state index is 15.5. The first kappa shape index (κ1) is 26.7. The monoisotopic (exact) mass is 585 g/mol. The summed E-state index contributed by atoms with van der Waals surface area (Å²) >= 11 is 17.8. The number of benzene rings is 2. The van der Waals surface area contributed by atoms with Gasteiger partial charge in [0.2, 0.25) is 5.91 Å². The average molecular weight is 587 g/mol. The highest BCUT2D eigenvalue weighted by Crippen LogP contribution is 2.50. The summed E-state index contributed by atoms with van der Waals surface area (Å²) < 4.78 is 58.3. The standard InChI is InChI=1S/C26H18Cl3F4N3O2/c27-19-10-18(11-20(28)23(19)29)25(26(31,32)33)12-21(35-38-25)16-1-3-17(4-2-16)24(30)13-36(14-24)22(37)9-15-5-7-34-8-6-15/h1-8,10-11H,9,12-14H2. The number of hydrogen-bond donors (Lipinski definition) is 0. The van der Waals surface area contributed by atoms with Gasteiger partial charge in [-0.15, -0.1) is 0 Å².